The lowest BCUT2D eigenvalue weighted by atomic mass is 10.1. The third-order valence-electron chi connectivity index (χ3n) is 6.26. The van der Waals surface area contributed by atoms with Gasteiger partial charge < -0.3 is 25.6 Å². The molecule has 0 spiro atoms. The highest BCUT2D eigenvalue weighted by atomic mass is 16.8. The summed E-state index contributed by atoms with van der Waals surface area (Å²) in [7, 11) is 0. The van der Waals surface area contributed by atoms with Crippen molar-refractivity contribution in [1.29, 1.82) is 0 Å². The van der Waals surface area contributed by atoms with Gasteiger partial charge in [-0.2, -0.15) is 5.10 Å². The molecule has 0 bridgehead atoms. The molecule has 4 N–H and O–H groups in total. The van der Waals surface area contributed by atoms with Crippen molar-refractivity contribution in [3.05, 3.63) is 65.9 Å². The van der Waals surface area contributed by atoms with Gasteiger partial charge in [-0.15, -0.1) is 0 Å². The predicted octanol–water partition coefficient (Wildman–Crippen LogP) is 1.85. The molecule has 34 heavy (non-hydrogen) atoms. The molecule has 10 heteroatoms. The van der Waals surface area contributed by atoms with E-state index < -0.39 is 5.79 Å². The molecule has 1 aromatic carbocycles. The first-order valence-corrected chi connectivity index (χ1v) is 11.3. The number of rotatable bonds is 7. The van der Waals surface area contributed by atoms with Crippen LogP contribution in [0.4, 0.5) is 11.5 Å². The number of anilines is 2. The second-order valence-electron chi connectivity index (χ2n) is 9.25. The van der Waals surface area contributed by atoms with Crippen LogP contribution in [0.1, 0.15) is 41.9 Å². The summed E-state index contributed by atoms with van der Waals surface area (Å²) < 4.78 is 13.8. The largest absolute Gasteiger partial charge is 0.399 e. The Balaban J connectivity index is 1.34. The van der Waals surface area contributed by atoms with Crippen LogP contribution in [-0.4, -0.2) is 61.3 Å². The Morgan fingerprint density at radius 2 is 2.12 bits per heavy atom. The van der Waals surface area contributed by atoms with Crippen LogP contribution < -0.4 is 11.1 Å². The first-order chi connectivity index (χ1) is 16.3. The molecule has 0 radical (unpaired) electrons. The molecule has 1 saturated carbocycles. The SMILES string of the molecule is CC1(C)O[C@@H]2[C@@H](CO)C[C@@H](Nc3ncncc3C(=O)c3ccn(Cc4cccc(N)c4)n3)[C@@H]2O1. The molecule has 2 fully saturated rings. The summed E-state index contributed by atoms with van der Waals surface area (Å²) >= 11 is 0. The van der Waals surface area contributed by atoms with Crippen LogP contribution in [0, 0.1) is 5.92 Å². The predicted molar refractivity (Wildman–Crippen MR) is 124 cm³/mol. The van der Waals surface area contributed by atoms with Crippen molar-refractivity contribution in [2.75, 3.05) is 17.7 Å². The molecule has 2 aliphatic rings. The van der Waals surface area contributed by atoms with Crippen LogP contribution in [0.2, 0.25) is 0 Å². The Morgan fingerprint density at radius 1 is 1.29 bits per heavy atom. The number of benzene rings is 1. The van der Waals surface area contributed by atoms with Gasteiger partial charge in [-0.3, -0.25) is 9.48 Å². The van der Waals surface area contributed by atoms with Crippen molar-refractivity contribution in [3.63, 3.8) is 0 Å². The van der Waals surface area contributed by atoms with Gasteiger partial charge >= 0.3 is 0 Å². The summed E-state index contributed by atoms with van der Waals surface area (Å²) in [6.07, 6.45) is 4.79. The summed E-state index contributed by atoms with van der Waals surface area (Å²) in [5.74, 6) is -0.676. The number of nitrogen functional groups attached to an aromatic ring is 1. The van der Waals surface area contributed by atoms with Crippen molar-refractivity contribution in [2.45, 2.75) is 50.8 Å². The molecule has 0 amide bonds. The van der Waals surface area contributed by atoms with E-state index in [0.717, 1.165) is 5.56 Å². The molecule has 3 heterocycles. The molecular formula is C24H28N6O4. The average Bonchev–Trinajstić information content (AvgIpc) is 3.47. The second kappa shape index (κ2) is 8.79. The third-order valence-corrected chi connectivity index (χ3v) is 6.26. The third kappa shape index (κ3) is 4.39. The number of hydrogen-bond donors (Lipinski definition) is 3. The highest BCUT2D eigenvalue weighted by Crippen LogP contribution is 2.42. The first-order valence-electron chi connectivity index (χ1n) is 11.3. The minimum absolute atomic E-state index is 0.00114. The van der Waals surface area contributed by atoms with Gasteiger partial charge in [0.05, 0.1) is 24.3 Å². The van der Waals surface area contributed by atoms with Crippen LogP contribution in [0.15, 0.2) is 49.1 Å². The number of ether oxygens (including phenoxy) is 2. The Hall–Kier alpha value is -3.34. The molecule has 1 aliphatic carbocycles. The number of aromatic nitrogens is 4. The Morgan fingerprint density at radius 3 is 2.91 bits per heavy atom. The summed E-state index contributed by atoms with van der Waals surface area (Å²) in [5, 5.41) is 17.6. The quantitative estimate of drug-likeness (QED) is 0.353. The van der Waals surface area contributed by atoms with Gasteiger partial charge in [0, 0.05) is 30.6 Å². The summed E-state index contributed by atoms with van der Waals surface area (Å²) in [6, 6.07) is 9.04. The molecule has 0 unspecified atom stereocenters. The second-order valence-corrected chi connectivity index (χ2v) is 9.25. The van der Waals surface area contributed by atoms with E-state index in [-0.39, 0.29) is 36.6 Å². The maximum Gasteiger partial charge on any atom is 0.218 e. The summed E-state index contributed by atoms with van der Waals surface area (Å²) in [6.45, 7) is 4.21. The first kappa shape index (κ1) is 22.5. The number of carbonyl (C=O) groups is 1. The molecule has 1 saturated heterocycles. The van der Waals surface area contributed by atoms with E-state index in [2.05, 4.69) is 20.4 Å². The number of nitrogens with one attached hydrogen (secondary N) is 1. The molecule has 3 aromatic rings. The van der Waals surface area contributed by atoms with Gasteiger partial charge in [0.2, 0.25) is 5.78 Å². The van der Waals surface area contributed by atoms with Gasteiger partial charge in [-0.25, -0.2) is 9.97 Å². The van der Waals surface area contributed by atoms with E-state index >= 15 is 0 Å². The minimum atomic E-state index is -0.732. The Kier molecular flexibility index (Phi) is 5.80. The highest BCUT2D eigenvalue weighted by molar-refractivity contribution is 6.10. The number of carbonyl (C=O) groups excluding carboxylic acids is 1. The zero-order chi connectivity index (χ0) is 23.9. The molecular weight excluding hydrogens is 436 g/mol. The van der Waals surface area contributed by atoms with Gasteiger partial charge in [-0.1, -0.05) is 12.1 Å². The average molecular weight is 465 g/mol. The molecule has 2 aromatic heterocycles. The van der Waals surface area contributed by atoms with Crippen LogP contribution in [0.5, 0.6) is 0 Å². The van der Waals surface area contributed by atoms with Crippen LogP contribution >= 0.6 is 0 Å². The standard InChI is InChI=1S/C24H28N6O4/c1-24(2)33-21-15(12-31)9-19(22(21)34-24)28-23-17(10-26-13-27-23)20(32)18-6-7-30(29-18)11-14-4-3-5-16(25)8-14/h3-8,10,13,15,19,21-22,31H,9,11-12,25H2,1-2H3,(H,26,27,28)/t15-,19-,21-,22+/m1/s1. The Labute approximate surface area is 197 Å². The van der Waals surface area contributed by atoms with E-state index in [1.807, 2.05) is 38.1 Å². The van der Waals surface area contributed by atoms with Gasteiger partial charge in [0.25, 0.3) is 0 Å². The normalized spacial score (nSPS) is 25.3. The molecule has 5 rings (SSSR count). The summed E-state index contributed by atoms with van der Waals surface area (Å²) in [4.78, 5) is 21.7. The number of aliphatic hydroxyl groups is 1. The topological polar surface area (TPSA) is 137 Å². The number of aliphatic hydroxyl groups excluding tert-OH is 1. The fourth-order valence-corrected chi connectivity index (χ4v) is 4.78. The molecule has 1 aliphatic heterocycles. The maximum absolute atomic E-state index is 13.3. The minimum Gasteiger partial charge on any atom is -0.399 e. The van der Waals surface area contributed by atoms with Crippen molar-refractivity contribution in [2.24, 2.45) is 5.92 Å². The number of ketones is 1. The maximum atomic E-state index is 13.3. The lowest BCUT2D eigenvalue weighted by molar-refractivity contribution is -0.158. The summed E-state index contributed by atoms with van der Waals surface area (Å²) in [5.41, 5.74) is 8.13. The van der Waals surface area contributed by atoms with Gasteiger partial charge in [0.1, 0.15) is 23.9 Å². The molecule has 178 valence electrons. The smallest absolute Gasteiger partial charge is 0.218 e. The van der Waals surface area contributed by atoms with Crippen molar-refractivity contribution in [1.82, 2.24) is 19.7 Å². The van der Waals surface area contributed by atoms with E-state index in [0.29, 0.717) is 35.7 Å². The number of nitrogens with two attached hydrogens (primary N) is 1. The van der Waals surface area contributed by atoms with Gasteiger partial charge in [0.15, 0.2) is 5.79 Å². The fourth-order valence-electron chi connectivity index (χ4n) is 4.78. The van der Waals surface area contributed by atoms with Crippen LogP contribution in [0.25, 0.3) is 0 Å². The molecule has 10 nitrogen and oxygen atoms in total. The van der Waals surface area contributed by atoms with Crippen molar-refractivity contribution >= 4 is 17.3 Å². The van der Waals surface area contributed by atoms with Crippen LogP contribution in [0.3, 0.4) is 0 Å². The zero-order valence-corrected chi connectivity index (χ0v) is 19.1. The highest BCUT2D eigenvalue weighted by Gasteiger charge is 2.54. The van der Waals surface area contributed by atoms with E-state index in [1.54, 1.807) is 16.9 Å². The van der Waals surface area contributed by atoms with E-state index in [4.69, 9.17) is 15.2 Å². The fraction of sp³-hybridized carbons (Fsp3) is 0.417. The zero-order valence-electron chi connectivity index (χ0n) is 19.1. The van der Waals surface area contributed by atoms with Gasteiger partial charge in [-0.05, 0) is 44.0 Å². The molecule has 4 atom stereocenters. The lowest BCUT2D eigenvalue weighted by Gasteiger charge is -2.24. The van der Waals surface area contributed by atoms with Crippen molar-refractivity contribution < 1.29 is 19.4 Å². The van der Waals surface area contributed by atoms with Crippen molar-refractivity contribution in [3.8, 4) is 0 Å². The lowest BCUT2D eigenvalue weighted by Crippen LogP contribution is -2.35. The van der Waals surface area contributed by atoms with Crippen LogP contribution in [-0.2, 0) is 16.0 Å². The van der Waals surface area contributed by atoms with E-state index in [9.17, 15) is 9.90 Å². The number of fused-ring (bicyclic) bond motifs is 1. The Bertz CT molecular complexity index is 1200. The van der Waals surface area contributed by atoms with E-state index in [1.165, 1.54) is 12.5 Å². The number of hydrogen-bond acceptors (Lipinski definition) is 9. The number of nitrogens with zero attached hydrogens (tertiary/aromatic N) is 4. The monoisotopic (exact) mass is 464 g/mol.